The fourth-order valence-electron chi connectivity index (χ4n) is 3.38. The van der Waals surface area contributed by atoms with E-state index in [0.29, 0.717) is 33.6 Å². The first-order chi connectivity index (χ1) is 14.8. The molecule has 0 aliphatic carbocycles. The highest BCUT2D eigenvalue weighted by atomic mass is 32.2. The van der Waals surface area contributed by atoms with Gasteiger partial charge >= 0.3 is 0 Å². The summed E-state index contributed by atoms with van der Waals surface area (Å²) in [5.74, 6) is 1.56. The van der Waals surface area contributed by atoms with Crippen molar-refractivity contribution in [2.45, 2.75) is 24.8 Å². The van der Waals surface area contributed by atoms with Crippen LogP contribution in [-0.2, 0) is 5.75 Å². The van der Waals surface area contributed by atoms with E-state index in [1.54, 1.807) is 15.5 Å². The number of para-hydroxylation sites is 2. The van der Waals surface area contributed by atoms with Gasteiger partial charge in [-0.05, 0) is 37.1 Å². The van der Waals surface area contributed by atoms with Crippen LogP contribution in [0.5, 0.6) is 0 Å². The lowest BCUT2D eigenvalue weighted by Gasteiger charge is -2.17. The van der Waals surface area contributed by atoms with Gasteiger partial charge in [0.05, 0.1) is 22.3 Å². The van der Waals surface area contributed by atoms with Gasteiger partial charge in [0.15, 0.2) is 5.16 Å². The lowest BCUT2D eigenvalue weighted by molar-refractivity contribution is 0.807. The van der Waals surface area contributed by atoms with Crippen molar-refractivity contribution in [2.75, 3.05) is 24.7 Å². The first-order valence-electron chi connectivity index (χ1n) is 9.74. The summed E-state index contributed by atoms with van der Waals surface area (Å²) in [7, 11) is 3.68. The molecule has 8 nitrogen and oxygen atoms in total. The fraction of sp³-hybridized carbons (Fsp3) is 0.227. The van der Waals surface area contributed by atoms with Crippen LogP contribution in [-0.4, -0.2) is 38.6 Å². The first-order valence-corrected chi connectivity index (χ1v) is 10.7. The van der Waals surface area contributed by atoms with Gasteiger partial charge in [-0.3, -0.25) is 9.36 Å². The molecule has 0 amide bonds. The average Bonchev–Trinajstić information content (AvgIpc) is 2.73. The summed E-state index contributed by atoms with van der Waals surface area (Å²) in [4.78, 5) is 32.9. The Kier molecular flexibility index (Phi) is 5.60. The first kappa shape index (κ1) is 20.8. The predicted molar refractivity (Wildman–Crippen MR) is 125 cm³/mol. The summed E-state index contributed by atoms with van der Waals surface area (Å²) in [6.07, 6.45) is 0. The average molecular weight is 434 g/mol. The number of rotatable bonds is 5. The molecule has 0 radical (unpaired) electrons. The van der Waals surface area contributed by atoms with Gasteiger partial charge in [-0.2, -0.15) is 15.0 Å². The molecule has 0 fully saturated rings. The van der Waals surface area contributed by atoms with Crippen LogP contribution in [0.2, 0.25) is 0 Å². The highest BCUT2D eigenvalue weighted by Crippen LogP contribution is 2.27. The number of hydrogen-bond donors (Lipinski definition) is 1. The molecule has 2 heterocycles. The normalized spacial score (nSPS) is 11.1. The molecule has 0 bridgehead atoms. The molecule has 9 heteroatoms. The molecule has 2 aromatic carbocycles. The Bertz CT molecular complexity index is 1310. The third-order valence-corrected chi connectivity index (χ3v) is 5.76. The maximum Gasteiger partial charge on any atom is 0.266 e. The minimum absolute atomic E-state index is 0.102. The van der Waals surface area contributed by atoms with E-state index in [2.05, 4.69) is 15.0 Å². The van der Waals surface area contributed by atoms with Crippen LogP contribution in [0.15, 0.2) is 52.4 Å². The van der Waals surface area contributed by atoms with Crippen LogP contribution in [0.3, 0.4) is 0 Å². The molecule has 0 saturated carbocycles. The van der Waals surface area contributed by atoms with Crippen LogP contribution in [0.1, 0.15) is 17.0 Å². The zero-order chi connectivity index (χ0) is 22.1. The summed E-state index contributed by atoms with van der Waals surface area (Å²) in [6.45, 7) is 3.99. The second kappa shape index (κ2) is 8.35. The third-order valence-electron chi connectivity index (χ3n) is 4.83. The van der Waals surface area contributed by atoms with Crippen molar-refractivity contribution in [1.82, 2.24) is 24.5 Å². The topological polar surface area (TPSA) is 103 Å². The van der Waals surface area contributed by atoms with Gasteiger partial charge in [0, 0.05) is 14.1 Å². The number of fused-ring (bicyclic) bond motifs is 1. The second-order valence-electron chi connectivity index (χ2n) is 7.39. The highest BCUT2D eigenvalue weighted by Gasteiger charge is 2.17. The third kappa shape index (κ3) is 4.09. The summed E-state index contributed by atoms with van der Waals surface area (Å²) < 4.78 is 1.69. The zero-order valence-corrected chi connectivity index (χ0v) is 18.6. The Labute approximate surface area is 184 Å². The van der Waals surface area contributed by atoms with Crippen LogP contribution in [0.4, 0.5) is 11.9 Å². The molecule has 4 rings (SSSR count). The van der Waals surface area contributed by atoms with Crippen LogP contribution < -0.4 is 16.2 Å². The van der Waals surface area contributed by atoms with E-state index in [-0.39, 0.29) is 11.5 Å². The summed E-state index contributed by atoms with van der Waals surface area (Å²) >= 11 is 1.40. The number of hydrogen-bond acceptors (Lipinski definition) is 8. The molecule has 0 saturated heterocycles. The highest BCUT2D eigenvalue weighted by molar-refractivity contribution is 7.98. The van der Waals surface area contributed by atoms with Gasteiger partial charge in [-0.25, -0.2) is 4.98 Å². The molecule has 0 atom stereocenters. The van der Waals surface area contributed by atoms with E-state index < -0.39 is 0 Å². The maximum atomic E-state index is 13.5. The Morgan fingerprint density at radius 1 is 0.968 bits per heavy atom. The van der Waals surface area contributed by atoms with Crippen molar-refractivity contribution in [3.05, 3.63) is 69.8 Å². The summed E-state index contributed by atoms with van der Waals surface area (Å²) in [5.41, 5.74) is 9.25. The van der Waals surface area contributed by atoms with Gasteiger partial charge in [-0.15, -0.1) is 0 Å². The standard InChI is InChI=1S/C22H23N7OS/c1-13-8-7-9-14(2)18(13)29-19(30)15-10-5-6-11-16(15)24-22(29)31-12-17-25-20(23)27-21(26-17)28(3)4/h5-11H,12H2,1-4H3,(H2,23,25,26,27). The SMILES string of the molecule is Cc1cccc(C)c1-n1c(SCc2nc(N)nc(N(C)C)n2)nc2ccccc2c1=O. The molecular weight excluding hydrogens is 410 g/mol. The van der Waals surface area contributed by atoms with Gasteiger partial charge < -0.3 is 10.6 Å². The molecule has 0 aliphatic rings. The predicted octanol–water partition coefficient (Wildman–Crippen LogP) is 3.13. The van der Waals surface area contributed by atoms with Gasteiger partial charge in [0.2, 0.25) is 11.9 Å². The van der Waals surface area contributed by atoms with E-state index in [0.717, 1.165) is 16.8 Å². The minimum atomic E-state index is -0.102. The smallest absolute Gasteiger partial charge is 0.266 e. The van der Waals surface area contributed by atoms with Gasteiger partial charge in [0.25, 0.3) is 5.56 Å². The van der Waals surface area contributed by atoms with E-state index >= 15 is 0 Å². The number of nitrogens with two attached hydrogens (primary N) is 1. The summed E-state index contributed by atoms with van der Waals surface area (Å²) in [5, 5.41) is 1.15. The Hall–Kier alpha value is -3.46. The molecule has 2 N–H and O–H groups in total. The van der Waals surface area contributed by atoms with Gasteiger partial charge in [0.1, 0.15) is 5.82 Å². The second-order valence-corrected chi connectivity index (χ2v) is 8.33. The van der Waals surface area contributed by atoms with Gasteiger partial charge in [-0.1, -0.05) is 42.1 Å². The van der Waals surface area contributed by atoms with Crippen molar-refractivity contribution in [2.24, 2.45) is 0 Å². The van der Waals surface area contributed by atoms with E-state index in [1.165, 1.54) is 11.8 Å². The zero-order valence-electron chi connectivity index (χ0n) is 17.8. The van der Waals surface area contributed by atoms with Crippen LogP contribution in [0.25, 0.3) is 16.6 Å². The van der Waals surface area contributed by atoms with Crippen LogP contribution >= 0.6 is 11.8 Å². The maximum absolute atomic E-state index is 13.5. The lowest BCUT2D eigenvalue weighted by atomic mass is 10.1. The Morgan fingerprint density at radius 3 is 2.39 bits per heavy atom. The number of nitrogen functional groups attached to an aromatic ring is 1. The number of thioether (sulfide) groups is 1. The van der Waals surface area contributed by atoms with E-state index in [1.807, 2.05) is 64.3 Å². The lowest BCUT2D eigenvalue weighted by Crippen LogP contribution is -2.23. The Balaban J connectivity index is 1.85. The number of nitrogens with zero attached hydrogens (tertiary/aromatic N) is 6. The van der Waals surface area contributed by atoms with E-state index in [4.69, 9.17) is 10.7 Å². The number of anilines is 2. The van der Waals surface area contributed by atoms with Crippen molar-refractivity contribution >= 4 is 34.6 Å². The quantitative estimate of drug-likeness (QED) is 0.378. The van der Waals surface area contributed by atoms with Crippen LogP contribution in [0, 0.1) is 13.8 Å². The monoisotopic (exact) mass is 433 g/mol. The number of aromatic nitrogens is 5. The Morgan fingerprint density at radius 2 is 1.68 bits per heavy atom. The van der Waals surface area contributed by atoms with Crippen molar-refractivity contribution in [1.29, 1.82) is 0 Å². The molecule has 31 heavy (non-hydrogen) atoms. The molecular formula is C22H23N7OS. The number of benzene rings is 2. The molecule has 0 aliphatic heterocycles. The molecule has 2 aromatic heterocycles. The molecule has 0 spiro atoms. The largest absolute Gasteiger partial charge is 0.368 e. The molecule has 158 valence electrons. The molecule has 4 aromatic rings. The van der Waals surface area contributed by atoms with E-state index in [9.17, 15) is 4.79 Å². The minimum Gasteiger partial charge on any atom is -0.368 e. The van der Waals surface area contributed by atoms with Crippen molar-refractivity contribution in [3.63, 3.8) is 0 Å². The van der Waals surface area contributed by atoms with Crippen molar-refractivity contribution < 1.29 is 0 Å². The number of aryl methyl sites for hydroxylation is 2. The van der Waals surface area contributed by atoms with Crippen molar-refractivity contribution in [3.8, 4) is 5.69 Å². The fourth-order valence-corrected chi connectivity index (χ4v) is 4.24. The summed E-state index contributed by atoms with van der Waals surface area (Å²) in [6, 6.07) is 13.4. The molecule has 0 unspecified atom stereocenters.